The average Bonchev–Trinajstić information content (AvgIpc) is 2.64. The molecule has 0 radical (unpaired) electrons. The van der Waals surface area contributed by atoms with Gasteiger partial charge in [-0.15, -0.1) is 0 Å². The lowest BCUT2D eigenvalue weighted by Crippen LogP contribution is -2.58. The van der Waals surface area contributed by atoms with E-state index in [-0.39, 0.29) is 18.5 Å². The number of benzene rings is 1. The van der Waals surface area contributed by atoms with E-state index < -0.39 is 11.0 Å². The van der Waals surface area contributed by atoms with Crippen LogP contribution in [0.3, 0.4) is 0 Å². The molecule has 5 atom stereocenters. The fourth-order valence-electron chi connectivity index (χ4n) is 6.18. The molecule has 2 N–H and O–H groups in total. The van der Waals surface area contributed by atoms with Crippen LogP contribution in [0.2, 0.25) is 0 Å². The van der Waals surface area contributed by atoms with Gasteiger partial charge in [0, 0.05) is 5.69 Å². The minimum atomic E-state index is -0.708. The van der Waals surface area contributed by atoms with Gasteiger partial charge in [-0.3, -0.25) is 9.59 Å². The van der Waals surface area contributed by atoms with Gasteiger partial charge in [0.2, 0.25) is 0 Å². The Hall–Kier alpha value is -1.88. The van der Waals surface area contributed by atoms with Crippen molar-refractivity contribution in [3.05, 3.63) is 29.8 Å². The molecular weight excluding hydrogens is 354 g/mol. The molecule has 4 bridgehead atoms. The second-order valence-corrected chi connectivity index (χ2v) is 9.49. The van der Waals surface area contributed by atoms with Gasteiger partial charge in [0.1, 0.15) is 0 Å². The highest BCUT2D eigenvalue weighted by atomic mass is 16.5. The van der Waals surface area contributed by atoms with E-state index in [4.69, 9.17) is 4.74 Å². The molecule has 0 spiro atoms. The molecule has 4 aliphatic carbocycles. The lowest BCUT2D eigenvalue weighted by atomic mass is 9.48. The number of ether oxygens (including phenoxy) is 1. The summed E-state index contributed by atoms with van der Waals surface area (Å²) in [7, 11) is 0. The number of hydrogen-bond acceptors (Lipinski definition) is 4. The van der Waals surface area contributed by atoms with Crippen molar-refractivity contribution in [3.63, 3.8) is 0 Å². The normalized spacial score (nSPS) is 34.1. The van der Waals surface area contributed by atoms with E-state index in [1.807, 2.05) is 24.3 Å². The topological polar surface area (TPSA) is 75.6 Å². The zero-order valence-corrected chi connectivity index (χ0v) is 16.9. The summed E-state index contributed by atoms with van der Waals surface area (Å²) < 4.78 is 5.47. The Morgan fingerprint density at radius 1 is 1.21 bits per heavy atom. The van der Waals surface area contributed by atoms with Crippen LogP contribution >= 0.6 is 0 Å². The first-order chi connectivity index (χ1) is 13.3. The number of hydrogen-bond donors (Lipinski definition) is 2. The second kappa shape index (κ2) is 7.18. The molecule has 5 nitrogen and oxygen atoms in total. The molecule has 0 heterocycles. The number of para-hydroxylation sites is 1. The molecule has 5 heteroatoms. The Bertz CT molecular complexity index is 760. The van der Waals surface area contributed by atoms with Crippen molar-refractivity contribution < 1.29 is 19.4 Å². The molecule has 0 aliphatic heterocycles. The maximum absolute atomic E-state index is 12.9. The van der Waals surface area contributed by atoms with Crippen LogP contribution in [0.4, 0.5) is 5.69 Å². The Balaban J connectivity index is 1.38. The zero-order chi connectivity index (χ0) is 19.9. The van der Waals surface area contributed by atoms with Gasteiger partial charge in [0.15, 0.2) is 6.61 Å². The standard InChI is InChI=1S/C23H31NO4/c1-3-15(2)18-6-4-5-7-19(18)24-20(25)13-28-21(26)22-9-16-8-17(10-22)12-23(27,11-16)14-22/h4-7,15-17,27H,3,8-14H2,1-2H3,(H,24,25)/t15-,16-,17+,22?,23?/m0/s1. The van der Waals surface area contributed by atoms with E-state index in [1.165, 1.54) is 0 Å². The van der Waals surface area contributed by atoms with Gasteiger partial charge in [-0.25, -0.2) is 0 Å². The van der Waals surface area contributed by atoms with Crippen LogP contribution in [0.1, 0.15) is 70.3 Å². The van der Waals surface area contributed by atoms with Crippen LogP contribution < -0.4 is 5.32 Å². The van der Waals surface area contributed by atoms with Gasteiger partial charge in [-0.1, -0.05) is 32.0 Å². The lowest BCUT2D eigenvalue weighted by Gasteiger charge is -2.58. The summed E-state index contributed by atoms with van der Waals surface area (Å²) in [5, 5.41) is 13.7. The average molecular weight is 386 g/mol. The zero-order valence-electron chi connectivity index (χ0n) is 16.9. The third-order valence-corrected chi connectivity index (χ3v) is 7.18. The number of carbonyl (C=O) groups is 2. The summed E-state index contributed by atoms with van der Waals surface area (Å²) in [4.78, 5) is 25.3. The van der Waals surface area contributed by atoms with Crippen LogP contribution in [0.25, 0.3) is 0 Å². The molecule has 2 unspecified atom stereocenters. The number of amides is 1. The van der Waals surface area contributed by atoms with E-state index in [2.05, 4.69) is 19.2 Å². The first kappa shape index (κ1) is 19.4. The van der Waals surface area contributed by atoms with Crippen molar-refractivity contribution in [1.82, 2.24) is 0 Å². The van der Waals surface area contributed by atoms with Crippen molar-refractivity contribution in [2.24, 2.45) is 17.3 Å². The van der Waals surface area contributed by atoms with Gasteiger partial charge in [-0.2, -0.15) is 0 Å². The smallest absolute Gasteiger partial charge is 0.312 e. The highest BCUT2D eigenvalue weighted by Gasteiger charge is 2.60. The maximum atomic E-state index is 12.9. The highest BCUT2D eigenvalue weighted by Crippen LogP contribution is 2.61. The largest absolute Gasteiger partial charge is 0.455 e. The van der Waals surface area contributed by atoms with Gasteiger partial charge in [-0.05, 0) is 74.3 Å². The second-order valence-electron chi connectivity index (χ2n) is 9.49. The molecule has 0 aromatic heterocycles. The first-order valence-electron chi connectivity index (χ1n) is 10.6. The van der Waals surface area contributed by atoms with E-state index in [0.29, 0.717) is 24.2 Å². The van der Waals surface area contributed by atoms with Crippen molar-refractivity contribution in [3.8, 4) is 0 Å². The van der Waals surface area contributed by atoms with Gasteiger partial charge in [0.25, 0.3) is 5.91 Å². The maximum Gasteiger partial charge on any atom is 0.312 e. The monoisotopic (exact) mass is 385 g/mol. The highest BCUT2D eigenvalue weighted by molar-refractivity contribution is 5.94. The number of carbonyl (C=O) groups excluding carboxylic acids is 2. The summed E-state index contributed by atoms with van der Waals surface area (Å²) in [6, 6.07) is 7.76. The van der Waals surface area contributed by atoms with Crippen molar-refractivity contribution >= 4 is 17.6 Å². The molecule has 1 aromatic rings. The van der Waals surface area contributed by atoms with Crippen LogP contribution in [0.5, 0.6) is 0 Å². The molecule has 28 heavy (non-hydrogen) atoms. The van der Waals surface area contributed by atoms with Gasteiger partial charge >= 0.3 is 5.97 Å². The molecule has 4 saturated carbocycles. The van der Waals surface area contributed by atoms with E-state index in [1.54, 1.807) is 0 Å². The minimum Gasteiger partial charge on any atom is -0.455 e. The molecule has 1 aromatic carbocycles. The number of aliphatic hydroxyl groups is 1. The molecule has 4 fully saturated rings. The Kier molecular flexibility index (Phi) is 4.98. The van der Waals surface area contributed by atoms with Crippen molar-refractivity contribution in [2.45, 2.75) is 70.3 Å². The third kappa shape index (κ3) is 3.57. The predicted molar refractivity (Wildman–Crippen MR) is 107 cm³/mol. The fourth-order valence-corrected chi connectivity index (χ4v) is 6.18. The van der Waals surface area contributed by atoms with Crippen LogP contribution in [0.15, 0.2) is 24.3 Å². The molecule has 0 saturated heterocycles. The van der Waals surface area contributed by atoms with E-state index in [0.717, 1.165) is 49.8 Å². The summed E-state index contributed by atoms with van der Waals surface area (Å²) >= 11 is 0. The number of rotatable bonds is 6. The lowest BCUT2D eigenvalue weighted by molar-refractivity contribution is -0.196. The van der Waals surface area contributed by atoms with Crippen molar-refractivity contribution in [1.29, 1.82) is 0 Å². The fraction of sp³-hybridized carbons (Fsp3) is 0.652. The van der Waals surface area contributed by atoms with Crippen LogP contribution in [0, 0.1) is 17.3 Å². The molecule has 152 valence electrons. The predicted octanol–water partition coefficient (Wildman–Crippen LogP) is 4.01. The van der Waals surface area contributed by atoms with Crippen LogP contribution in [-0.2, 0) is 14.3 Å². The summed E-state index contributed by atoms with van der Waals surface area (Å²) in [6.07, 6.45) is 5.80. The number of nitrogens with one attached hydrogen (secondary N) is 1. The third-order valence-electron chi connectivity index (χ3n) is 7.18. The van der Waals surface area contributed by atoms with Gasteiger partial charge < -0.3 is 15.2 Å². The summed E-state index contributed by atoms with van der Waals surface area (Å²) in [5.74, 6) is 0.551. The quantitative estimate of drug-likeness (QED) is 0.726. The Morgan fingerprint density at radius 2 is 1.89 bits per heavy atom. The van der Waals surface area contributed by atoms with E-state index in [9.17, 15) is 14.7 Å². The number of esters is 1. The SMILES string of the molecule is CC[C@H](C)c1ccccc1NC(=O)COC(=O)C12C[C@@H]3C[C@@H](CC(O)(C3)C1)C2. The van der Waals surface area contributed by atoms with Crippen molar-refractivity contribution in [2.75, 3.05) is 11.9 Å². The summed E-state index contributed by atoms with van der Waals surface area (Å²) in [6.45, 7) is 3.97. The summed E-state index contributed by atoms with van der Waals surface area (Å²) in [5.41, 5.74) is 0.573. The van der Waals surface area contributed by atoms with E-state index >= 15 is 0 Å². The van der Waals surface area contributed by atoms with Crippen LogP contribution in [-0.4, -0.2) is 29.2 Å². The van der Waals surface area contributed by atoms with Gasteiger partial charge in [0.05, 0.1) is 11.0 Å². The molecular formula is C23H31NO4. The minimum absolute atomic E-state index is 0.275. The number of anilines is 1. The molecule has 5 rings (SSSR count). The molecule has 4 aliphatic rings. The Morgan fingerprint density at radius 3 is 2.54 bits per heavy atom. The Labute approximate surface area is 166 Å². The molecule has 1 amide bonds. The first-order valence-corrected chi connectivity index (χ1v) is 10.6.